The highest BCUT2D eigenvalue weighted by molar-refractivity contribution is 5.49. The van der Waals surface area contributed by atoms with Crippen molar-refractivity contribution in [2.24, 2.45) is 0 Å². The lowest BCUT2D eigenvalue weighted by molar-refractivity contribution is 0.184. The van der Waals surface area contributed by atoms with E-state index in [1.54, 1.807) is 4.90 Å². The van der Waals surface area contributed by atoms with Gasteiger partial charge in [-0.25, -0.2) is 0 Å². The van der Waals surface area contributed by atoms with Gasteiger partial charge in [-0.3, -0.25) is 4.79 Å². The van der Waals surface area contributed by atoms with Gasteiger partial charge in [-0.2, -0.15) is 0 Å². The monoisotopic (exact) mass is 140 g/mol. The molecule has 10 heavy (non-hydrogen) atoms. The van der Waals surface area contributed by atoms with Crippen LogP contribution in [0.3, 0.4) is 0 Å². The molecule has 1 saturated heterocycles. The van der Waals surface area contributed by atoms with Crippen LogP contribution < -0.4 is 0 Å². The van der Waals surface area contributed by atoms with Gasteiger partial charge in [0.25, 0.3) is 0 Å². The maximum absolute atomic E-state index is 10.4. The van der Waals surface area contributed by atoms with Crippen molar-refractivity contribution in [2.75, 3.05) is 0 Å². The number of hydrogen-bond donors (Lipinski definition) is 0. The van der Waals surface area contributed by atoms with Crippen LogP contribution in [0.1, 0.15) is 33.1 Å². The predicted molar refractivity (Wildman–Crippen MR) is 40.3 cm³/mol. The topological polar surface area (TPSA) is 20.3 Å². The Bertz CT molecular complexity index is 114. The van der Waals surface area contributed by atoms with Crippen LogP contribution in [0.4, 0.5) is 0 Å². The fourth-order valence-corrected chi connectivity index (χ4v) is 1.60. The van der Waals surface area contributed by atoms with Crippen LogP contribution in [0.5, 0.6) is 0 Å². The number of amides is 1. The van der Waals surface area contributed by atoms with Gasteiger partial charge in [0, 0.05) is 12.1 Å². The van der Waals surface area contributed by atoms with Crippen molar-refractivity contribution in [1.29, 1.82) is 0 Å². The van der Waals surface area contributed by atoms with Crippen molar-refractivity contribution >= 4 is 6.41 Å². The average Bonchev–Trinajstić information content (AvgIpc) is 1.88. The Labute approximate surface area is 62.2 Å². The molecule has 0 spiro atoms. The zero-order chi connectivity index (χ0) is 7.56. The highest BCUT2D eigenvalue weighted by Gasteiger charge is 2.23. The zero-order valence-corrected chi connectivity index (χ0v) is 6.63. The molecule has 2 heteroatoms. The summed E-state index contributed by atoms with van der Waals surface area (Å²) in [6, 6.07) is 0.808. The molecule has 1 radical (unpaired) electrons. The van der Waals surface area contributed by atoms with Crippen molar-refractivity contribution in [1.82, 2.24) is 4.90 Å². The summed E-state index contributed by atoms with van der Waals surface area (Å²) in [5.74, 6) is 0. The first-order chi connectivity index (χ1) is 4.75. The van der Waals surface area contributed by atoms with Gasteiger partial charge in [0.15, 0.2) is 0 Å². The molecule has 1 rings (SSSR count). The first-order valence-electron chi connectivity index (χ1n) is 3.92. The van der Waals surface area contributed by atoms with Gasteiger partial charge in [-0.05, 0) is 33.1 Å². The van der Waals surface area contributed by atoms with E-state index < -0.39 is 0 Å². The minimum absolute atomic E-state index is 0.404. The maximum Gasteiger partial charge on any atom is 0.312 e. The van der Waals surface area contributed by atoms with E-state index in [9.17, 15) is 4.79 Å². The minimum Gasteiger partial charge on any atom is -0.329 e. The molecule has 2 unspecified atom stereocenters. The summed E-state index contributed by atoms with van der Waals surface area (Å²) >= 11 is 0. The fraction of sp³-hybridized carbons (Fsp3) is 0.875. The number of nitrogens with zero attached hydrogens (tertiary/aromatic N) is 1. The third-order valence-electron chi connectivity index (χ3n) is 2.30. The summed E-state index contributed by atoms with van der Waals surface area (Å²) in [5.41, 5.74) is 0. The molecule has 57 valence electrons. The van der Waals surface area contributed by atoms with Crippen molar-refractivity contribution in [3.63, 3.8) is 0 Å². The molecule has 0 saturated carbocycles. The van der Waals surface area contributed by atoms with Crippen LogP contribution in [-0.4, -0.2) is 23.4 Å². The van der Waals surface area contributed by atoms with Crippen LogP contribution in [0.25, 0.3) is 0 Å². The summed E-state index contributed by atoms with van der Waals surface area (Å²) < 4.78 is 0. The number of hydrogen-bond acceptors (Lipinski definition) is 1. The van der Waals surface area contributed by atoms with E-state index in [2.05, 4.69) is 13.8 Å². The van der Waals surface area contributed by atoms with E-state index in [-0.39, 0.29) is 0 Å². The smallest absolute Gasteiger partial charge is 0.312 e. The summed E-state index contributed by atoms with van der Waals surface area (Å²) in [6.07, 6.45) is 5.51. The number of carbonyl (C=O) groups excluding carboxylic acids is 1. The minimum atomic E-state index is 0.404. The van der Waals surface area contributed by atoms with Gasteiger partial charge in [-0.1, -0.05) is 0 Å². The maximum atomic E-state index is 10.4. The third kappa shape index (κ3) is 1.31. The number of rotatable bonds is 1. The Balaban J connectivity index is 2.53. The van der Waals surface area contributed by atoms with Crippen LogP contribution >= 0.6 is 0 Å². The molecule has 0 N–H and O–H groups in total. The van der Waals surface area contributed by atoms with Gasteiger partial charge < -0.3 is 4.90 Å². The van der Waals surface area contributed by atoms with E-state index in [1.165, 1.54) is 6.42 Å². The molecule has 1 aliphatic heterocycles. The van der Waals surface area contributed by atoms with Gasteiger partial charge in [0.1, 0.15) is 0 Å². The van der Waals surface area contributed by atoms with Crippen molar-refractivity contribution in [2.45, 2.75) is 45.2 Å². The molecule has 1 heterocycles. The quantitative estimate of drug-likeness (QED) is 0.538. The summed E-state index contributed by atoms with van der Waals surface area (Å²) in [4.78, 5) is 12.2. The molecule has 0 bridgehead atoms. The second-order valence-electron chi connectivity index (χ2n) is 3.13. The molecule has 1 amide bonds. The molecule has 0 aromatic rings. The highest BCUT2D eigenvalue weighted by atomic mass is 16.1. The van der Waals surface area contributed by atoms with E-state index >= 15 is 0 Å². The fourth-order valence-electron chi connectivity index (χ4n) is 1.60. The molecular weight excluding hydrogens is 126 g/mol. The lowest BCUT2D eigenvalue weighted by Crippen LogP contribution is -2.42. The van der Waals surface area contributed by atoms with Gasteiger partial charge in [-0.15, -0.1) is 0 Å². The second-order valence-corrected chi connectivity index (χ2v) is 3.13. The molecule has 2 nitrogen and oxygen atoms in total. The molecule has 0 aromatic heterocycles. The Hall–Kier alpha value is -0.530. The van der Waals surface area contributed by atoms with E-state index in [0.29, 0.717) is 12.1 Å². The van der Waals surface area contributed by atoms with Gasteiger partial charge in [0.05, 0.1) is 0 Å². The first kappa shape index (κ1) is 7.58. The van der Waals surface area contributed by atoms with Crippen LogP contribution in [0, 0.1) is 0 Å². The average molecular weight is 140 g/mol. The lowest BCUT2D eigenvalue weighted by atomic mass is 9.99. The van der Waals surface area contributed by atoms with Crippen LogP contribution in [-0.2, 0) is 4.79 Å². The highest BCUT2D eigenvalue weighted by Crippen LogP contribution is 2.19. The van der Waals surface area contributed by atoms with Crippen LogP contribution in [0.2, 0.25) is 0 Å². The van der Waals surface area contributed by atoms with Gasteiger partial charge in [0.2, 0.25) is 0 Å². The van der Waals surface area contributed by atoms with Crippen molar-refractivity contribution < 1.29 is 4.79 Å². The Morgan fingerprint density at radius 3 is 2.10 bits per heavy atom. The lowest BCUT2D eigenvalue weighted by Gasteiger charge is -2.34. The molecule has 2 atom stereocenters. The summed E-state index contributed by atoms with van der Waals surface area (Å²) in [6.45, 7) is 4.17. The zero-order valence-electron chi connectivity index (χ0n) is 6.63. The molecule has 1 fully saturated rings. The molecule has 0 aliphatic carbocycles. The Kier molecular flexibility index (Phi) is 2.30. The number of likely N-dealkylation sites (tertiary alicyclic amines) is 1. The van der Waals surface area contributed by atoms with Gasteiger partial charge >= 0.3 is 6.41 Å². The van der Waals surface area contributed by atoms with E-state index in [4.69, 9.17) is 0 Å². The largest absolute Gasteiger partial charge is 0.329 e. The molecule has 1 aliphatic rings. The molecule has 0 aromatic carbocycles. The standard InChI is InChI=1S/C8H14NO/c1-7-4-3-5-8(2)9(7)6-10/h7-8H,3-5H2,1-2H3. The first-order valence-corrected chi connectivity index (χ1v) is 3.92. The molecular formula is C8H14NO. The summed E-state index contributed by atoms with van der Waals surface area (Å²) in [7, 11) is 0. The number of piperidine rings is 1. The second kappa shape index (κ2) is 3.04. The van der Waals surface area contributed by atoms with E-state index in [1.807, 2.05) is 6.41 Å². The summed E-state index contributed by atoms with van der Waals surface area (Å²) in [5, 5.41) is 0. The SMILES string of the molecule is CC1CCCC(C)N1[C]=O. The normalized spacial score (nSPS) is 34.0. The van der Waals surface area contributed by atoms with Crippen molar-refractivity contribution in [3.8, 4) is 0 Å². The van der Waals surface area contributed by atoms with Crippen molar-refractivity contribution in [3.05, 3.63) is 0 Å². The Morgan fingerprint density at radius 1 is 1.30 bits per heavy atom. The van der Waals surface area contributed by atoms with E-state index in [0.717, 1.165) is 12.8 Å². The Morgan fingerprint density at radius 2 is 1.80 bits per heavy atom. The predicted octanol–water partition coefficient (Wildman–Crippen LogP) is 1.32. The third-order valence-corrected chi connectivity index (χ3v) is 2.30. The van der Waals surface area contributed by atoms with Crippen LogP contribution in [0.15, 0.2) is 0 Å².